The molecule has 0 unspecified atom stereocenters. The predicted octanol–water partition coefficient (Wildman–Crippen LogP) is 2.97. The van der Waals surface area contributed by atoms with Crippen molar-refractivity contribution >= 4 is 22.8 Å². The Morgan fingerprint density at radius 3 is 2.17 bits per heavy atom. The van der Waals surface area contributed by atoms with Gasteiger partial charge in [-0.3, -0.25) is 9.59 Å². The van der Waals surface area contributed by atoms with Crippen LogP contribution in [-0.4, -0.2) is 58.1 Å². The van der Waals surface area contributed by atoms with Gasteiger partial charge in [-0.1, -0.05) is 25.1 Å². The molecule has 2 aliphatic rings. The highest BCUT2D eigenvalue weighted by molar-refractivity contribution is 5.95. The number of carbonyl (C=O) groups excluding carboxylic acids is 2. The van der Waals surface area contributed by atoms with E-state index in [4.69, 9.17) is 4.63 Å². The molecule has 0 bridgehead atoms. The van der Waals surface area contributed by atoms with Crippen LogP contribution >= 0.6 is 0 Å². The summed E-state index contributed by atoms with van der Waals surface area (Å²) in [7, 11) is 0. The Morgan fingerprint density at radius 1 is 0.862 bits per heavy atom. The first-order valence-electron chi connectivity index (χ1n) is 9.95. The lowest BCUT2D eigenvalue weighted by molar-refractivity contribution is -0.137. The molecule has 1 aliphatic carbocycles. The molecule has 2 aromatic carbocycles. The zero-order valence-electron chi connectivity index (χ0n) is 16.3. The molecule has 0 spiro atoms. The first-order valence-corrected chi connectivity index (χ1v) is 9.95. The minimum Gasteiger partial charge on any atom is -0.339 e. The second-order valence-corrected chi connectivity index (χ2v) is 8.19. The molecule has 29 heavy (non-hydrogen) atoms. The smallest absolute Gasteiger partial charge is 0.253 e. The summed E-state index contributed by atoms with van der Waals surface area (Å²) in [5.74, 6) is 0.255. The fourth-order valence-corrected chi connectivity index (χ4v) is 3.85. The van der Waals surface area contributed by atoms with Crippen LogP contribution in [0.1, 0.15) is 30.1 Å². The molecule has 2 amide bonds. The van der Waals surface area contributed by atoms with E-state index in [0.717, 1.165) is 24.0 Å². The molecule has 3 aromatic rings. The molecule has 7 nitrogen and oxygen atoms in total. The Hall–Kier alpha value is -3.22. The standard InChI is InChI=1S/C22H22N4O3/c1-22(8-9-22)21(28)26-12-10-25(11-13-26)20(27)16-4-2-15(3-5-16)17-6-7-18-19(14-17)24-29-23-18/h2-7,14H,8-13H2,1H3. The highest BCUT2D eigenvalue weighted by Crippen LogP contribution is 2.46. The fraction of sp³-hybridized carbons (Fsp3) is 0.364. The van der Waals surface area contributed by atoms with Crippen LogP contribution < -0.4 is 0 Å². The second kappa shape index (κ2) is 6.69. The maximum absolute atomic E-state index is 12.9. The Bertz CT molecular complexity index is 1080. The summed E-state index contributed by atoms with van der Waals surface area (Å²) in [6, 6.07) is 13.3. The molecule has 0 radical (unpaired) electrons. The Labute approximate surface area is 168 Å². The van der Waals surface area contributed by atoms with Crippen LogP contribution in [0.5, 0.6) is 0 Å². The van der Waals surface area contributed by atoms with Crippen LogP contribution in [0.4, 0.5) is 0 Å². The number of hydrogen-bond acceptors (Lipinski definition) is 5. The lowest BCUT2D eigenvalue weighted by atomic mass is 10.0. The van der Waals surface area contributed by atoms with Gasteiger partial charge in [0.05, 0.1) is 0 Å². The lowest BCUT2D eigenvalue weighted by Gasteiger charge is -2.36. The van der Waals surface area contributed by atoms with Gasteiger partial charge in [0.2, 0.25) is 5.91 Å². The summed E-state index contributed by atoms with van der Waals surface area (Å²) in [6.07, 6.45) is 1.97. The van der Waals surface area contributed by atoms with E-state index in [1.165, 1.54) is 0 Å². The first-order chi connectivity index (χ1) is 14.0. The van der Waals surface area contributed by atoms with E-state index in [1.54, 1.807) is 0 Å². The van der Waals surface area contributed by atoms with Crippen molar-refractivity contribution in [3.05, 3.63) is 48.0 Å². The van der Waals surface area contributed by atoms with E-state index in [0.29, 0.717) is 42.8 Å². The Balaban J connectivity index is 1.25. The quantitative estimate of drug-likeness (QED) is 0.687. The Morgan fingerprint density at radius 2 is 1.48 bits per heavy atom. The fourth-order valence-electron chi connectivity index (χ4n) is 3.85. The maximum Gasteiger partial charge on any atom is 0.253 e. The molecular formula is C22H22N4O3. The average molecular weight is 390 g/mol. The number of piperazine rings is 1. The van der Waals surface area contributed by atoms with Gasteiger partial charge >= 0.3 is 0 Å². The topological polar surface area (TPSA) is 79.5 Å². The van der Waals surface area contributed by atoms with Crippen molar-refractivity contribution in [2.75, 3.05) is 26.2 Å². The second-order valence-electron chi connectivity index (χ2n) is 8.19. The summed E-state index contributed by atoms with van der Waals surface area (Å²) in [5.41, 5.74) is 3.93. The number of hydrogen-bond donors (Lipinski definition) is 0. The minimum absolute atomic E-state index is 0.0115. The summed E-state index contributed by atoms with van der Waals surface area (Å²) in [6.45, 7) is 4.43. The van der Waals surface area contributed by atoms with Gasteiger partial charge in [-0.25, -0.2) is 4.63 Å². The summed E-state index contributed by atoms with van der Waals surface area (Å²) in [5, 5.41) is 7.69. The van der Waals surface area contributed by atoms with Crippen molar-refractivity contribution < 1.29 is 14.2 Å². The number of amides is 2. The molecule has 1 saturated heterocycles. The number of aromatic nitrogens is 2. The highest BCUT2D eigenvalue weighted by atomic mass is 16.6. The molecule has 1 aliphatic heterocycles. The van der Waals surface area contributed by atoms with Crippen LogP contribution in [0.25, 0.3) is 22.2 Å². The van der Waals surface area contributed by atoms with Gasteiger partial charge in [0, 0.05) is 37.2 Å². The molecular weight excluding hydrogens is 368 g/mol. The largest absolute Gasteiger partial charge is 0.339 e. The number of nitrogens with zero attached hydrogens (tertiary/aromatic N) is 4. The zero-order chi connectivity index (χ0) is 20.0. The average Bonchev–Trinajstić information content (AvgIpc) is 3.34. The number of fused-ring (bicyclic) bond motifs is 1. The van der Waals surface area contributed by atoms with E-state index in [-0.39, 0.29) is 17.2 Å². The summed E-state index contributed by atoms with van der Waals surface area (Å²) < 4.78 is 4.74. The highest BCUT2D eigenvalue weighted by Gasteiger charge is 2.47. The van der Waals surface area contributed by atoms with Crippen molar-refractivity contribution in [1.29, 1.82) is 0 Å². The van der Waals surface area contributed by atoms with E-state index in [1.807, 2.05) is 59.2 Å². The molecule has 2 fully saturated rings. The van der Waals surface area contributed by atoms with Crippen LogP contribution in [0, 0.1) is 5.41 Å². The van der Waals surface area contributed by atoms with Gasteiger partial charge in [-0.2, -0.15) is 0 Å². The third-order valence-electron chi connectivity index (χ3n) is 6.09. The molecule has 148 valence electrons. The van der Waals surface area contributed by atoms with E-state index < -0.39 is 0 Å². The molecule has 7 heteroatoms. The van der Waals surface area contributed by atoms with Crippen molar-refractivity contribution in [2.24, 2.45) is 5.41 Å². The summed E-state index contributed by atoms with van der Waals surface area (Å²) >= 11 is 0. The monoisotopic (exact) mass is 390 g/mol. The first kappa shape index (κ1) is 17.8. The van der Waals surface area contributed by atoms with Gasteiger partial charge < -0.3 is 9.80 Å². The van der Waals surface area contributed by atoms with Crippen LogP contribution in [0.2, 0.25) is 0 Å². The zero-order valence-corrected chi connectivity index (χ0v) is 16.3. The predicted molar refractivity (Wildman–Crippen MR) is 107 cm³/mol. The maximum atomic E-state index is 12.9. The summed E-state index contributed by atoms with van der Waals surface area (Å²) in [4.78, 5) is 29.1. The molecule has 5 rings (SSSR count). The van der Waals surface area contributed by atoms with Crippen LogP contribution in [0.15, 0.2) is 47.1 Å². The normalized spacial score (nSPS) is 18.1. The lowest BCUT2D eigenvalue weighted by Crippen LogP contribution is -2.52. The van der Waals surface area contributed by atoms with Crippen molar-refractivity contribution in [3.8, 4) is 11.1 Å². The minimum atomic E-state index is -0.146. The van der Waals surface area contributed by atoms with E-state index >= 15 is 0 Å². The van der Waals surface area contributed by atoms with Crippen LogP contribution in [-0.2, 0) is 4.79 Å². The molecule has 0 atom stereocenters. The van der Waals surface area contributed by atoms with E-state index in [2.05, 4.69) is 10.3 Å². The Kier molecular flexibility index (Phi) is 4.12. The number of carbonyl (C=O) groups is 2. The number of rotatable bonds is 3. The third kappa shape index (κ3) is 3.26. The molecule has 2 heterocycles. The van der Waals surface area contributed by atoms with Crippen molar-refractivity contribution in [1.82, 2.24) is 20.1 Å². The van der Waals surface area contributed by atoms with Gasteiger partial charge in [0.1, 0.15) is 11.0 Å². The molecule has 1 aromatic heterocycles. The van der Waals surface area contributed by atoms with Gasteiger partial charge in [0.25, 0.3) is 5.91 Å². The van der Waals surface area contributed by atoms with Gasteiger partial charge in [-0.15, -0.1) is 0 Å². The molecule has 0 N–H and O–H groups in total. The van der Waals surface area contributed by atoms with Gasteiger partial charge in [0.15, 0.2) is 0 Å². The van der Waals surface area contributed by atoms with Crippen molar-refractivity contribution in [3.63, 3.8) is 0 Å². The van der Waals surface area contributed by atoms with Gasteiger partial charge in [-0.05, 0) is 58.5 Å². The third-order valence-corrected chi connectivity index (χ3v) is 6.09. The molecule has 1 saturated carbocycles. The number of benzene rings is 2. The SMILES string of the molecule is CC1(C(=O)N2CCN(C(=O)c3ccc(-c4ccc5nonc5c4)cc3)CC2)CC1. The van der Waals surface area contributed by atoms with Crippen LogP contribution in [0.3, 0.4) is 0 Å². The van der Waals surface area contributed by atoms with Crippen molar-refractivity contribution in [2.45, 2.75) is 19.8 Å². The van der Waals surface area contributed by atoms with E-state index in [9.17, 15) is 9.59 Å².